The van der Waals surface area contributed by atoms with Crippen LogP contribution in [0.5, 0.6) is 0 Å². The van der Waals surface area contributed by atoms with Crippen LogP contribution in [0.2, 0.25) is 0 Å². The highest BCUT2D eigenvalue weighted by Gasteiger charge is 2.35. The van der Waals surface area contributed by atoms with Gasteiger partial charge in [0.1, 0.15) is 0 Å². The molecule has 2 amide bonds. The van der Waals surface area contributed by atoms with E-state index in [4.69, 9.17) is 0 Å². The highest BCUT2D eigenvalue weighted by Crippen LogP contribution is 2.33. The maximum Gasteiger partial charge on any atom is 0.251 e. The Morgan fingerprint density at radius 3 is 2.77 bits per heavy atom. The van der Waals surface area contributed by atoms with E-state index in [9.17, 15) is 9.59 Å². The van der Waals surface area contributed by atoms with E-state index in [0.717, 1.165) is 37.1 Å². The minimum atomic E-state index is -0.109. The molecule has 1 aliphatic carbocycles. The topological polar surface area (TPSA) is 80.1 Å². The summed E-state index contributed by atoms with van der Waals surface area (Å²) in [6, 6.07) is 3.39. The maximum absolute atomic E-state index is 12.4. The van der Waals surface area contributed by atoms with E-state index in [1.54, 1.807) is 24.5 Å². The molecule has 136 valence electrons. The number of nitrogens with one attached hydrogen (secondary N) is 1. The largest absolute Gasteiger partial charge is 0.352 e. The van der Waals surface area contributed by atoms with Crippen molar-refractivity contribution in [3.8, 4) is 0 Å². The SMILES string of the molecule is Cn1nc(CCNC(=O)c2ccncc2)c2c1CCN(C(=O)C1CC1)C2. The summed E-state index contributed by atoms with van der Waals surface area (Å²) in [7, 11) is 1.95. The molecule has 2 aliphatic rings. The predicted octanol–water partition coefficient (Wildman–Crippen LogP) is 1.08. The molecule has 3 heterocycles. The van der Waals surface area contributed by atoms with Gasteiger partial charge in [0.2, 0.25) is 5.91 Å². The zero-order chi connectivity index (χ0) is 18.1. The van der Waals surface area contributed by atoms with Crippen LogP contribution in [0.3, 0.4) is 0 Å². The monoisotopic (exact) mass is 353 g/mol. The molecule has 0 saturated heterocycles. The maximum atomic E-state index is 12.4. The van der Waals surface area contributed by atoms with Crippen molar-refractivity contribution in [1.82, 2.24) is 25.0 Å². The van der Waals surface area contributed by atoms with Crippen molar-refractivity contribution in [2.45, 2.75) is 32.2 Å². The lowest BCUT2D eigenvalue weighted by molar-refractivity contribution is -0.133. The van der Waals surface area contributed by atoms with Gasteiger partial charge >= 0.3 is 0 Å². The number of carbonyl (C=O) groups excluding carboxylic acids is 2. The van der Waals surface area contributed by atoms with Gasteiger partial charge in [-0.15, -0.1) is 0 Å². The van der Waals surface area contributed by atoms with Gasteiger partial charge in [-0.25, -0.2) is 0 Å². The fourth-order valence-electron chi connectivity index (χ4n) is 3.55. The third-order valence-electron chi connectivity index (χ3n) is 5.15. The molecule has 2 aromatic heterocycles. The Bertz CT molecular complexity index is 826. The number of hydrogen-bond acceptors (Lipinski definition) is 4. The minimum Gasteiger partial charge on any atom is -0.352 e. The molecule has 0 spiro atoms. The Balaban J connectivity index is 1.40. The van der Waals surface area contributed by atoms with Crippen molar-refractivity contribution in [2.24, 2.45) is 13.0 Å². The number of hydrogen-bond donors (Lipinski definition) is 1. The van der Waals surface area contributed by atoms with E-state index in [1.807, 2.05) is 16.6 Å². The van der Waals surface area contributed by atoms with E-state index in [-0.39, 0.29) is 17.7 Å². The second-order valence-electron chi connectivity index (χ2n) is 7.02. The smallest absolute Gasteiger partial charge is 0.251 e. The van der Waals surface area contributed by atoms with Gasteiger partial charge < -0.3 is 10.2 Å². The van der Waals surface area contributed by atoms with Gasteiger partial charge in [0.25, 0.3) is 5.91 Å². The van der Waals surface area contributed by atoms with Crippen LogP contribution in [0.15, 0.2) is 24.5 Å². The summed E-state index contributed by atoms with van der Waals surface area (Å²) in [5.74, 6) is 0.426. The second kappa shape index (κ2) is 6.90. The van der Waals surface area contributed by atoms with Gasteiger partial charge in [-0.1, -0.05) is 0 Å². The second-order valence-corrected chi connectivity index (χ2v) is 7.02. The van der Waals surface area contributed by atoms with Crippen LogP contribution in [-0.4, -0.2) is 44.6 Å². The highest BCUT2D eigenvalue weighted by atomic mass is 16.2. The summed E-state index contributed by atoms with van der Waals surface area (Å²) in [5.41, 5.74) is 3.95. The summed E-state index contributed by atoms with van der Waals surface area (Å²) in [4.78, 5) is 30.4. The van der Waals surface area contributed by atoms with Crippen molar-refractivity contribution >= 4 is 11.8 Å². The van der Waals surface area contributed by atoms with Crippen LogP contribution >= 0.6 is 0 Å². The lowest BCUT2D eigenvalue weighted by Crippen LogP contribution is -2.37. The lowest BCUT2D eigenvalue weighted by Gasteiger charge is -2.28. The number of nitrogens with zero attached hydrogens (tertiary/aromatic N) is 4. The number of aryl methyl sites for hydroxylation is 1. The van der Waals surface area contributed by atoms with Crippen LogP contribution in [-0.2, 0) is 31.2 Å². The molecule has 7 nitrogen and oxygen atoms in total. The van der Waals surface area contributed by atoms with Crippen molar-refractivity contribution in [3.63, 3.8) is 0 Å². The molecular formula is C19H23N5O2. The molecule has 0 aromatic carbocycles. The van der Waals surface area contributed by atoms with Crippen LogP contribution in [0.4, 0.5) is 0 Å². The van der Waals surface area contributed by atoms with Crippen LogP contribution in [0.1, 0.15) is 40.2 Å². The summed E-state index contributed by atoms with van der Waals surface area (Å²) in [6.07, 6.45) is 6.78. The average Bonchev–Trinajstić information content (AvgIpc) is 3.47. The highest BCUT2D eigenvalue weighted by molar-refractivity contribution is 5.93. The van der Waals surface area contributed by atoms with Crippen molar-refractivity contribution in [3.05, 3.63) is 47.0 Å². The number of amides is 2. The number of fused-ring (bicyclic) bond motifs is 1. The average molecular weight is 353 g/mol. The lowest BCUT2D eigenvalue weighted by atomic mass is 10.0. The predicted molar refractivity (Wildman–Crippen MR) is 95.3 cm³/mol. The first-order chi connectivity index (χ1) is 12.6. The van der Waals surface area contributed by atoms with Crippen molar-refractivity contribution < 1.29 is 9.59 Å². The van der Waals surface area contributed by atoms with Gasteiger partial charge in [-0.2, -0.15) is 5.10 Å². The Labute approximate surface area is 152 Å². The number of rotatable bonds is 5. The molecule has 26 heavy (non-hydrogen) atoms. The molecule has 0 unspecified atom stereocenters. The van der Waals surface area contributed by atoms with Gasteiger partial charge in [0, 0.05) is 74.7 Å². The fourth-order valence-corrected chi connectivity index (χ4v) is 3.55. The molecule has 2 aromatic rings. The molecule has 1 saturated carbocycles. The quantitative estimate of drug-likeness (QED) is 0.872. The zero-order valence-corrected chi connectivity index (χ0v) is 14.9. The number of carbonyl (C=O) groups is 2. The minimum absolute atomic E-state index is 0.109. The van der Waals surface area contributed by atoms with E-state index in [1.165, 1.54) is 5.69 Å². The van der Waals surface area contributed by atoms with Crippen LogP contribution in [0, 0.1) is 5.92 Å². The Hall–Kier alpha value is -2.70. The van der Waals surface area contributed by atoms with Crippen molar-refractivity contribution in [1.29, 1.82) is 0 Å². The van der Waals surface area contributed by atoms with Gasteiger partial charge in [-0.3, -0.25) is 19.3 Å². The molecule has 1 fully saturated rings. The van der Waals surface area contributed by atoms with Gasteiger partial charge in [-0.05, 0) is 25.0 Å². The molecule has 7 heteroatoms. The van der Waals surface area contributed by atoms with E-state index >= 15 is 0 Å². The first-order valence-corrected chi connectivity index (χ1v) is 9.14. The first-order valence-electron chi connectivity index (χ1n) is 9.14. The Morgan fingerprint density at radius 1 is 1.27 bits per heavy atom. The van der Waals surface area contributed by atoms with E-state index in [0.29, 0.717) is 25.1 Å². The standard InChI is InChI=1S/C19H23N5O2/c1-23-17-7-11-24(19(26)14-2-3-14)12-15(17)16(22-23)6-10-21-18(25)13-4-8-20-9-5-13/h4-5,8-9,14H,2-3,6-7,10-12H2,1H3,(H,21,25). The third kappa shape index (κ3) is 3.34. The Kier molecular flexibility index (Phi) is 4.44. The van der Waals surface area contributed by atoms with Crippen LogP contribution < -0.4 is 5.32 Å². The molecular weight excluding hydrogens is 330 g/mol. The molecule has 4 rings (SSSR count). The van der Waals surface area contributed by atoms with Gasteiger partial charge in [0.15, 0.2) is 0 Å². The third-order valence-corrected chi connectivity index (χ3v) is 5.15. The van der Waals surface area contributed by atoms with E-state index in [2.05, 4.69) is 15.4 Å². The fraction of sp³-hybridized carbons (Fsp3) is 0.474. The molecule has 1 aliphatic heterocycles. The summed E-state index contributed by atoms with van der Waals surface area (Å²) >= 11 is 0. The molecule has 1 N–H and O–H groups in total. The van der Waals surface area contributed by atoms with Gasteiger partial charge in [0.05, 0.1) is 5.69 Å². The Morgan fingerprint density at radius 2 is 2.04 bits per heavy atom. The molecule has 0 radical (unpaired) electrons. The first kappa shape index (κ1) is 16.8. The summed E-state index contributed by atoms with van der Waals surface area (Å²) in [5, 5.41) is 7.56. The van der Waals surface area contributed by atoms with E-state index < -0.39 is 0 Å². The zero-order valence-electron chi connectivity index (χ0n) is 14.9. The van der Waals surface area contributed by atoms with Crippen LogP contribution in [0.25, 0.3) is 0 Å². The summed E-state index contributed by atoms with van der Waals surface area (Å²) in [6.45, 7) is 1.94. The summed E-state index contributed by atoms with van der Waals surface area (Å²) < 4.78 is 1.92. The number of aromatic nitrogens is 3. The normalized spacial score (nSPS) is 16.3. The molecule has 0 atom stereocenters. The number of pyridine rings is 1. The molecule has 0 bridgehead atoms. The van der Waals surface area contributed by atoms with Crippen molar-refractivity contribution in [2.75, 3.05) is 13.1 Å².